The minimum Gasteiger partial charge on any atom is -0.340 e. The van der Waals surface area contributed by atoms with E-state index < -0.39 is 4.33 Å². The van der Waals surface area contributed by atoms with E-state index in [1.54, 1.807) is 4.90 Å². The molecule has 0 N–H and O–H groups in total. The van der Waals surface area contributed by atoms with Crippen LogP contribution in [-0.4, -0.2) is 28.2 Å². The van der Waals surface area contributed by atoms with Crippen LogP contribution in [0.5, 0.6) is 0 Å². The van der Waals surface area contributed by atoms with Crippen molar-refractivity contribution in [1.29, 1.82) is 0 Å². The second-order valence-electron chi connectivity index (χ2n) is 3.24. The van der Waals surface area contributed by atoms with Crippen molar-refractivity contribution in [2.75, 3.05) is 13.1 Å². The normalized spacial score (nSPS) is 19.4. The van der Waals surface area contributed by atoms with Crippen molar-refractivity contribution in [3.8, 4) is 0 Å². The van der Waals surface area contributed by atoms with E-state index in [0.717, 1.165) is 25.9 Å². The summed E-state index contributed by atoms with van der Waals surface area (Å²) in [5, 5.41) is 0. The monoisotopic (exact) mass is 209 g/mol. The summed E-state index contributed by atoms with van der Waals surface area (Å²) in [4.78, 5) is 13.2. The van der Waals surface area contributed by atoms with E-state index in [1.165, 1.54) is 13.3 Å². The summed E-state index contributed by atoms with van der Waals surface area (Å²) < 4.78 is -1.25. The Bertz CT molecular complexity index is 170. The number of carbonyl (C=O) groups is 1. The van der Waals surface area contributed by atoms with Crippen LogP contribution >= 0.6 is 23.2 Å². The molecule has 1 aliphatic rings. The van der Waals surface area contributed by atoms with Gasteiger partial charge in [-0.05, 0) is 26.2 Å². The number of likely N-dealkylation sites (tertiary alicyclic amines) is 1. The van der Waals surface area contributed by atoms with Crippen LogP contribution in [0.4, 0.5) is 0 Å². The van der Waals surface area contributed by atoms with Gasteiger partial charge in [0.2, 0.25) is 0 Å². The molecule has 0 aromatic heterocycles. The summed E-state index contributed by atoms with van der Waals surface area (Å²) in [5.41, 5.74) is 0. The number of alkyl halides is 2. The van der Waals surface area contributed by atoms with Crippen LogP contribution in [0.25, 0.3) is 0 Å². The number of amides is 1. The van der Waals surface area contributed by atoms with Crippen LogP contribution in [-0.2, 0) is 4.79 Å². The zero-order valence-corrected chi connectivity index (χ0v) is 8.66. The van der Waals surface area contributed by atoms with E-state index in [2.05, 4.69) is 0 Å². The van der Waals surface area contributed by atoms with Gasteiger partial charge in [0, 0.05) is 13.1 Å². The van der Waals surface area contributed by atoms with Gasteiger partial charge in [-0.25, -0.2) is 0 Å². The second-order valence-corrected chi connectivity index (χ2v) is 4.95. The van der Waals surface area contributed by atoms with Crippen molar-refractivity contribution in [2.24, 2.45) is 0 Å². The van der Waals surface area contributed by atoms with Crippen molar-refractivity contribution in [1.82, 2.24) is 4.90 Å². The van der Waals surface area contributed by atoms with E-state index in [-0.39, 0.29) is 5.91 Å². The minimum absolute atomic E-state index is 0.162. The van der Waals surface area contributed by atoms with Crippen LogP contribution in [0.2, 0.25) is 0 Å². The number of hydrogen-bond acceptors (Lipinski definition) is 1. The van der Waals surface area contributed by atoms with Gasteiger partial charge in [0.05, 0.1) is 0 Å². The third kappa shape index (κ3) is 2.53. The Kier molecular flexibility index (Phi) is 3.24. The van der Waals surface area contributed by atoms with Gasteiger partial charge >= 0.3 is 0 Å². The first-order valence-corrected chi connectivity index (χ1v) is 4.94. The molecule has 0 saturated carbocycles. The molecule has 0 radical (unpaired) electrons. The van der Waals surface area contributed by atoms with Crippen molar-refractivity contribution < 1.29 is 4.79 Å². The number of carbonyl (C=O) groups excluding carboxylic acids is 1. The smallest absolute Gasteiger partial charge is 0.258 e. The molecule has 12 heavy (non-hydrogen) atoms. The standard InChI is InChI=1S/C8H13Cl2NO/c1-8(9,10)7(12)11-5-3-2-4-6-11/h2-6H2,1H3. The molecule has 1 aliphatic heterocycles. The van der Waals surface area contributed by atoms with Crippen molar-refractivity contribution in [3.05, 3.63) is 0 Å². The highest BCUT2D eigenvalue weighted by atomic mass is 35.5. The molecule has 1 amide bonds. The highest BCUT2D eigenvalue weighted by molar-refractivity contribution is 6.57. The number of piperidine rings is 1. The molecular weight excluding hydrogens is 197 g/mol. The maximum absolute atomic E-state index is 11.5. The number of rotatable bonds is 1. The molecule has 0 atom stereocenters. The van der Waals surface area contributed by atoms with Crippen molar-refractivity contribution >= 4 is 29.1 Å². The molecule has 0 aromatic rings. The fourth-order valence-electron chi connectivity index (χ4n) is 1.37. The Morgan fingerprint density at radius 1 is 1.25 bits per heavy atom. The van der Waals surface area contributed by atoms with E-state index in [9.17, 15) is 4.79 Å². The molecule has 1 rings (SSSR count). The van der Waals surface area contributed by atoms with Gasteiger partial charge in [-0.1, -0.05) is 23.2 Å². The summed E-state index contributed by atoms with van der Waals surface area (Å²) in [6.07, 6.45) is 3.33. The lowest BCUT2D eigenvalue weighted by molar-refractivity contribution is -0.132. The lowest BCUT2D eigenvalue weighted by Crippen LogP contribution is -2.43. The Morgan fingerprint density at radius 3 is 2.17 bits per heavy atom. The van der Waals surface area contributed by atoms with Crippen molar-refractivity contribution in [2.45, 2.75) is 30.5 Å². The molecule has 0 unspecified atom stereocenters. The van der Waals surface area contributed by atoms with Crippen LogP contribution in [0.15, 0.2) is 0 Å². The first kappa shape index (κ1) is 10.1. The average Bonchev–Trinajstić information content (AvgIpc) is 2.03. The van der Waals surface area contributed by atoms with Gasteiger partial charge in [0.15, 0.2) is 4.33 Å². The fraction of sp³-hybridized carbons (Fsp3) is 0.875. The third-order valence-corrected chi connectivity index (χ3v) is 2.34. The zero-order valence-electron chi connectivity index (χ0n) is 7.15. The fourth-order valence-corrected chi connectivity index (χ4v) is 1.61. The van der Waals surface area contributed by atoms with Gasteiger partial charge in [-0.3, -0.25) is 4.79 Å². The molecule has 0 aliphatic carbocycles. The van der Waals surface area contributed by atoms with Gasteiger partial charge in [-0.2, -0.15) is 0 Å². The van der Waals surface area contributed by atoms with Gasteiger partial charge in [-0.15, -0.1) is 0 Å². The second kappa shape index (κ2) is 3.84. The molecule has 1 fully saturated rings. The lowest BCUT2D eigenvalue weighted by atomic mass is 10.1. The number of hydrogen-bond donors (Lipinski definition) is 0. The highest BCUT2D eigenvalue weighted by Gasteiger charge is 2.32. The molecular formula is C8H13Cl2NO. The molecule has 2 nitrogen and oxygen atoms in total. The van der Waals surface area contributed by atoms with Gasteiger partial charge in [0.25, 0.3) is 5.91 Å². The Morgan fingerprint density at radius 2 is 1.75 bits per heavy atom. The molecule has 1 heterocycles. The van der Waals surface area contributed by atoms with Crippen LogP contribution < -0.4 is 0 Å². The largest absolute Gasteiger partial charge is 0.340 e. The summed E-state index contributed by atoms with van der Waals surface area (Å²) in [7, 11) is 0. The van der Waals surface area contributed by atoms with Gasteiger partial charge < -0.3 is 4.90 Å². The SMILES string of the molecule is CC(Cl)(Cl)C(=O)N1CCCCC1. The summed E-state index contributed by atoms with van der Waals surface area (Å²) in [5.74, 6) is -0.162. The number of nitrogens with zero attached hydrogens (tertiary/aromatic N) is 1. The van der Waals surface area contributed by atoms with Gasteiger partial charge in [0.1, 0.15) is 0 Å². The number of halogens is 2. The van der Waals surface area contributed by atoms with E-state index in [1.807, 2.05) is 0 Å². The molecule has 70 valence electrons. The summed E-state index contributed by atoms with van der Waals surface area (Å²) in [6, 6.07) is 0. The minimum atomic E-state index is -1.25. The molecule has 0 aromatic carbocycles. The molecule has 4 heteroatoms. The topological polar surface area (TPSA) is 20.3 Å². The molecule has 0 spiro atoms. The highest BCUT2D eigenvalue weighted by Crippen LogP contribution is 2.24. The van der Waals surface area contributed by atoms with Crippen LogP contribution in [0.3, 0.4) is 0 Å². The zero-order chi connectivity index (χ0) is 9.19. The van der Waals surface area contributed by atoms with E-state index in [0.29, 0.717) is 0 Å². The van der Waals surface area contributed by atoms with E-state index >= 15 is 0 Å². The third-order valence-electron chi connectivity index (χ3n) is 2.02. The Labute approximate surface area is 82.8 Å². The lowest BCUT2D eigenvalue weighted by Gasteiger charge is -2.30. The first-order chi connectivity index (χ1) is 5.52. The predicted octanol–water partition coefficient (Wildman–Crippen LogP) is 2.19. The van der Waals surface area contributed by atoms with Crippen LogP contribution in [0, 0.1) is 0 Å². The Hall–Kier alpha value is 0.0500. The molecule has 0 bridgehead atoms. The first-order valence-electron chi connectivity index (χ1n) is 4.19. The quantitative estimate of drug-likeness (QED) is 0.607. The Balaban J connectivity index is 2.51. The van der Waals surface area contributed by atoms with E-state index in [4.69, 9.17) is 23.2 Å². The molecule has 1 saturated heterocycles. The average molecular weight is 210 g/mol. The maximum Gasteiger partial charge on any atom is 0.258 e. The van der Waals surface area contributed by atoms with Crippen molar-refractivity contribution in [3.63, 3.8) is 0 Å². The summed E-state index contributed by atoms with van der Waals surface area (Å²) in [6.45, 7) is 3.12. The predicted molar refractivity (Wildman–Crippen MR) is 50.5 cm³/mol. The van der Waals surface area contributed by atoms with Crippen LogP contribution in [0.1, 0.15) is 26.2 Å². The maximum atomic E-state index is 11.5. The summed E-state index contributed by atoms with van der Waals surface area (Å²) >= 11 is 11.4.